The van der Waals surface area contributed by atoms with Gasteiger partial charge < -0.3 is 9.15 Å². The van der Waals surface area contributed by atoms with Crippen LogP contribution in [0.15, 0.2) is 63.7 Å². The molecule has 0 saturated carbocycles. The fourth-order valence-corrected chi connectivity index (χ4v) is 2.52. The quantitative estimate of drug-likeness (QED) is 0.373. The molecule has 1 atom stereocenters. The summed E-state index contributed by atoms with van der Waals surface area (Å²) in [6, 6.07) is 9.79. The predicted molar refractivity (Wildman–Crippen MR) is 95.4 cm³/mol. The fourth-order valence-electron chi connectivity index (χ4n) is 2.25. The van der Waals surface area contributed by atoms with Crippen molar-refractivity contribution >= 4 is 33.5 Å². The Bertz CT molecular complexity index is 775. The van der Waals surface area contributed by atoms with E-state index in [1.165, 1.54) is 12.3 Å². The van der Waals surface area contributed by atoms with E-state index in [9.17, 15) is 14.4 Å². The number of benzene rings is 1. The lowest BCUT2D eigenvalue weighted by atomic mass is 9.89. The summed E-state index contributed by atoms with van der Waals surface area (Å²) >= 11 is 3.30. The highest BCUT2D eigenvalue weighted by Crippen LogP contribution is 2.23. The second-order valence-corrected chi connectivity index (χ2v) is 6.19. The largest absolute Gasteiger partial charge is 0.466 e. The van der Waals surface area contributed by atoms with Gasteiger partial charge >= 0.3 is 5.97 Å². The van der Waals surface area contributed by atoms with E-state index in [0.717, 1.165) is 4.47 Å². The lowest BCUT2D eigenvalue weighted by Crippen LogP contribution is -2.26. The van der Waals surface area contributed by atoms with Crippen LogP contribution in [0.25, 0.3) is 0 Å². The Morgan fingerprint density at radius 3 is 2.44 bits per heavy atom. The number of rotatable bonds is 8. The Morgan fingerprint density at radius 2 is 1.88 bits per heavy atom. The van der Waals surface area contributed by atoms with Gasteiger partial charge in [-0.1, -0.05) is 34.6 Å². The van der Waals surface area contributed by atoms with Gasteiger partial charge in [-0.3, -0.25) is 14.4 Å². The molecule has 1 aromatic heterocycles. The summed E-state index contributed by atoms with van der Waals surface area (Å²) in [5, 5.41) is 0. The molecule has 0 radical (unpaired) electrons. The first-order chi connectivity index (χ1) is 11.9. The molecule has 0 bridgehead atoms. The first kappa shape index (κ1) is 18.9. The van der Waals surface area contributed by atoms with Crippen molar-refractivity contribution in [3.8, 4) is 0 Å². The highest BCUT2D eigenvalue weighted by molar-refractivity contribution is 9.10. The molecule has 2 rings (SSSR count). The summed E-state index contributed by atoms with van der Waals surface area (Å²) in [6.07, 6.45) is 1.15. The van der Waals surface area contributed by atoms with Crippen molar-refractivity contribution in [1.29, 1.82) is 0 Å². The molecule has 0 N–H and O–H groups in total. The van der Waals surface area contributed by atoms with E-state index in [-0.39, 0.29) is 30.1 Å². The maximum Gasteiger partial charge on any atom is 0.313 e. The smallest absolute Gasteiger partial charge is 0.313 e. The third-order valence-electron chi connectivity index (χ3n) is 3.58. The van der Waals surface area contributed by atoms with Crippen LogP contribution in [0, 0.1) is 5.92 Å². The van der Waals surface area contributed by atoms with Crippen LogP contribution in [0.1, 0.15) is 34.3 Å². The molecule has 0 spiro atoms. The lowest BCUT2D eigenvalue weighted by Gasteiger charge is -2.16. The Labute approximate surface area is 153 Å². The number of ether oxygens (including phenoxy) is 1. The van der Waals surface area contributed by atoms with Crippen LogP contribution in [0.2, 0.25) is 0 Å². The Morgan fingerprint density at radius 1 is 1.20 bits per heavy atom. The molecule has 0 amide bonds. The summed E-state index contributed by atoms with van der Waals surface area (Å²) in [4.78, 5) is 37.1. The van der Waals surface area contributed by atoms with Crippen LogP contribution >= 0.6 is 15.9 Å². The lowest BCUT2D eigenvalue weighted by molar-refractivity contribution is -0.146. The zero-order valence-electron chi connectivity index (χ0n) is 13.7. The third kappa shape index (κ3) is 4.76. The molecule has 1 heterocycles. The van der Waals surface area contributed by atoms with Gasteiger partial charge in [0.25, 0.3) is 0 Å². The number of hydrogen-bond donors (Lipinski definition) is 0. The van der Waals surface area contributed by atoms with Gasteiger partial charge in [-0.2, -0.15) is 0 Å². The van der Waals surface area contributed by atoms with E-state index in [0.29, 0.717) is 5.56 Å². The first-order valence-corrected chi connectivity index (χ1v) is 8.45. The van der Waals surface area contributed by atoms with E-state index in [1.54, 1.807) is 37.3 Å². The van der Waals surface area contributed by atoms with Crippen LogP contribution in [0.4, 0.5) is 0 Å². The number of hydrogen-bond acceptors (Lipinski definition) is 5. The van der Waals surface area contributed by atoms with Gasteiger partial charge in [0, 0.05) is 22.0 Å². The predicted octanol–water partition coefficient (Wildman–Crippen LogP) is 4.23. The summed E-state index contributed by atoms with van der Waals surface area (Å²) in [6.45, 7) is 5.50. The molecule has 0 aliphatic carbocycles. The number of Topliss-reactive ketones (excluding diaryl/α,β-unsaturated/α-hetero) is 2. The van der Waals surface area contributed by atoms with Crippen LogP contribution in [0.5, 0.6) is 0 Å². The molecule has 0 saturated heterocycles. The number of ketones is 2. The highest BCUT2D eigenvalue weighted by Gasteiger charge is 2.31. The second-order valence-electron chi connectivity index (χ2n) is 5.27. The van der Waals surface area contributed by atoms with Crippen molar-refractivity contribution in [3.05, 3.63) is 70.6 Å². The van der Waals surface area contributed by atoms with Gasteiger partial charge in [-0.25, -0.2) is 0 Å². The van der Waals surface area contributed by atoms with Crippen LogP contribution in [-0.2, 0) is 9.53 Å². The van der Waals surface area contributed by atoms with Gasteiger partial charge in [0.2, 0.25) is 5.78 Å². The normalized spacial score (nSPS) is 11.6. The maximum absolute atomic E-state index is 12.5. The minimum absolute atomic E-state index is 0.0288. The fraction of sp³-hybridized carbons (Fsp3) is 0.211. The van der Waals surface area contributed by atoms with Crippen molar-refractivity contribution in [3.63, 3.8) is 0 Å². The maximum atomic E-state index is 12.5. The van der Waals surface area contributed by atoms with E-state index < -0.39 is 17.7 Å². The summed E-state index contributed by atoms with van der Waals surface area (Å²) in [5.74, 6) is -2.45. The zero-order chi connectivity index (χ0) is 18.4. The molecule has 5 nitrogen and oxygen atoms in total. The molecule has 6 heteroatoms. The summed E-state index contributed by atoms with van der Waals surface area (Å²) in [7, 11) is 0. The third-order valence-corrected chi connectivity index (χ3v) is 4.11. The highest BCUT2D eigenvalue weighted by atomic mass is 79.9. The molecule has 130 valence electrons. The van der Waals surface area contributed by atoms with Crippen LogP contribution in [0.3, 0.4) is 0 Å². The average molecular weight is 405 g/mol. The Kier molecular flexibility index (Phi) is 6.47. The monoisotopic (exact) mass is 404 g/mol. The molecular weight excluding hydrogens is 388 g/mol. The molecule has 0 aliphatic heterocycles. The van der Waals surface area contributed by atoms with Crippen LogP contribution in [-0.4, -0.2) is 24.1 Å². The van der Waals surface area contributed by atoms with Crippen molar-refractivity contribution in [1.82, 2.24) is 0 Å². The molecule has 0 aliphatic rings. The van der Waals surface area contributed by atoms with Gasteiger partial charge in [-0.15, -0.1) is 0 Å². The topological polar surface area (TPSA) is 73.6 Å². The van der Waals surface area contributed by atoms with E-state index >= 15 is 0 Å². The van der Waals surface area contributed by atoms with Gasteiger partial charge in [-0.05, 0) is 31.2 Å². The van der Waals surface area contributed by atoms with E-state index in [1.807, 2.05) is 0 Å². The average Bonchev–Trinajstić information content (AvgIpc) is 3.13. The van der Waals surface area contributed by atoms with Gasteiger partial charge in [0.15, 0.2) is 11.5 Å². The zero-order valence-corrected chi connectivity index (χ0v) is 15.2. The Balaban J connectivity index is 2.22. The van der Waals surface area contributed by atoms with Crippen molar-refractivity contribution in [2.45, 2.75) is 13.3 Å². The molecule has 25 heavy (non-hydrogen) atoms. The summed E-state index contributed by atoms with van der Waals surface area (Å²) < 4.78 is 10.9. The molecule has 2 aromatic rings. The van der Waals surface area contributed by atoms with Gasteiger partial charge in [0.1, 0.15) is 0 Å². The van der Waals surface area contributed by atoms with E-state index in [4.69, 9.17) is 9.15 Å². The number of furan rings is 1. The number of carbonyl (C=O) groups excluding carboxylic acids is 3. The first-order valence-electron chi connectivity index (χ1n) is 7.66. The molecule has 1 aromatic carbocycles. The number of esters is 1. The number of carbonyl (C=O) groups is 3. The van der Waals surface area contributed by atoms with Gasteiger partial charge in [0.05, 0.1) is 18.8 Å². The van der Waals surface area contributed by atoms with Crippen LogP contribution < -0.4 is 0 Å². The standard InChI is InChI=1S/C19H17BrO5/c1-3-24-19(23)15(12(2)18(22)17-5-4-10-25-17)11-16(21)13-6-8-14(20)9-7-13/h4-10,15H,2-3,11H2,1H3/t15-/m1/s1. The summed E-state index contributed by atoms with van der Waals surface area (Å²) in [5.41, 5.74) is 0.412. The SMILES string of the molecule is C=C(C(=O)c1ccco1)[C@@H](CC(=O)c1ccc(Br)cc1)C(=O)OCC. The molecule has 0 fully saturated rings. The Hall–Kier alpha value is -2.47. The number of halogens is 1. The molecule has 0 unspecified atom stereocenters. The molecular formula is C19H17BrO5. The second kappa shape index (κ2) is 8.58. The van der Waals surface area contributed by atoms with Crippen molar-refractivity contribution in [2.75, 3.05) is 6.61 Å². The minimum Gasteiger partial charge on any atom is -0.466 e. The van der Waals surface area contributed by atoms with Crippen molar-refractivity contribution < 1.29 is 23.5 Å². The minimum atomic E-state index is -1.06. The van der Waals surface area contributed by atoms with Crippen molar-refractivity contribution in [2.24, 2.45) is 5.92 Å². The van der Waals surface area contributed by atoms with E-state index in [2.05, 4.69) is 22.5 Å².